The number of aryl methyl sites for hydroxylation is 2. The van der Waals surface area contributed by atoms with Crippen molar-refractivity contribution in [3.05, 3.63) is 26.7 Å². The average Bonchev–Trinajstić information content (AvgIpc) is 2.73. The highest BCUT2D eigenvalue weighted by atomic mass is 32.1. The van der Waals surface area contributed by atoms with E-state index in [0.29, 0.717) is 16.3 Å². The number of carbonyl (C=O) groups excluding carboxylic acids is 1. The van der Waals surface area contributed by atoms with E-state index in [1.165, 1.54) is 11.3 Å². The molecule has 0 aliphatic heterocycles. The van der Waals surface area contributed by atoms with Crippen LogP contribution >= 0.6 is 22.9 Å². The van der Waals surface area contributed by atoms with Gasteiger partial charge in [-0.3, -0.25) is 4.79 Å². The van der Waals surface area contributed by atoms with Crippen LogP contribution in [-0.4, -0.2) is 20.4 Å². The molecule has 0 saturated heterocycles. The molecular weight excluding hydrogens is 218 g/mol. The van der Waals surface area contributed by atoms with Crippen LogP contribution in [0.3, 0.4) is 0 Å². The van der Waals surface area contributed by atoms with Gasteiger partial charge in [-0.25, -0.2) is 4.98 Å². The van der Waals surface area contributed by atoms with E-state index in [0.717, 1.165) is 16.5 Å². The number of nitrogens with zero attached hydrogens (tertiary/aromatic N) is 3. The fourth-order valence-corrected chi connectivity index (χ4v) is 2.22. The van der Waals surface area contributed by atoms with Crippen molar-refractivity contribution in [3.63, 3.8) is 0 Å². The van der Waals surface area contributed by atoms with Crippen molar-refractivity contribution in [3.8, 4) is 0 Å². The number of thiazole rings is 1. The first-order valence-electron chi connectivity index (χ1n) is 3.94. The predicted molar refractivity (Wildman–Crippen MR) is 54.9 cm³/mol. The second kappa shape index (κ2) is 3.55. The molecule has 14 heavy (non-hydrogen) atoms. The van der Waals surface area contributed by atoms with E-state index < -0.39 is 0 Å². The van der Waals surface area contributed by atoms with E-state index in [2.05, 4.69) is 14.6 Å². The Kier molecular flexibility index (Phi) is 2.39. The smallest absolute Gasteiger partial charge is 0.225 e. The lowest BCUT2D eigenvalue weighted by atomic mass is 10.2. The molecule has 0 spiro atoms. The molecule has 2 aromatic rings. The summed E-state index contributed by atoms with van der Waals surface area (Å²) in [5.74, 6) is -0.0816. The Labute approximate surface area is 88.8 Å². The fraction of sp³-hybridized carbons (Fsp3) is 0.250. The Morgan fingerprint density at radius 3 is 2.71 bits per heavy atom. The van der Waals surface area contributed by atoms with Crippen LogP contribution in [0, 0.1) is 13.8 Å². The second-order valence-corrected chi connectivity index (χ2v) is 4.58. The molecule has 0 atom stereocenters. The lowest BCUT2D eigenvalue weighted by Crippen LogP contribution is -2.01. The van der Waals surface area contributed by atoms with Crippen molar-refractivity contribution in [2.24, 2.45) is 0 Å². The lowest BCUT2D eigenvalue weighted by Gasteiger charge is -1.91. The van der Waals surface area contributed by atoms with Gasteiger partial charge < -0.3 is 0 Å². The van der Waals surface area contributed by atoms with E-state index in [9.17, 15) is 4.79 Å². The number of aromatic nitrogens is 3. The van der Waals surface area contributed by atoms with Crippen LogP contribution in [0.2, 0.25) is 0 Å². The highest BCUT2D eigenvalue weighted by Crippen LogP contribution is 2.17. The van der Waals surface area contributed by atoms with E-state index in [4.69, 9.17) is 0 Å². The molecule has 0 N–H and O–H groups in total. The third-order valence-corrected chi connectivity index (χ3v) is 3.31. The SMILES string of the molecule is Cc1nc(C(=O)c2snnc2C)cs1. The predicted octanol–water partition coefficient (Wildman–Crippen LogP) is 1.84. The van der Waals surface area contributed by atoms with Crippen LogP contribution in [0.4, 0.5) is 0 Å². The monoisotopic (exact) mass is 225 g/mol. The Morgan fingerprint density at radius 1 is 1.43 bits per heavy atom. The van der Waals surface area contributed by atoms with Gasteiger partial charge in [0.1, 0.15) is 10.6 Å². The molecule has 2 rings (SSSR count). The summed E-state index contributed by atoms with van der Waals surface area (Å²) in [7, 11) is 0. The first-order valence-corrected chi connectivity index (χ1v) is 5.59. The maximum atomic E-state index is 11.8. The summed E-state index contributed by atoms with van der Waals surface area (Å²) in [4.78, 5) is 16.5. The van der Waals surface area contributed by atoms with Crippen molar-refractivity contribution >= 4 is 28.7 Å². The van der Waals surface area contributed by atoms with E-state index in [1.807, 2.05) is 6.92 Å². The summed E-state index contributed by atoms with van der Waals surface area (Å²) in [6.45, 7) is 3.65. The molecule has 72 valence electrons. The minimum absolute atomic E-state index is 0.0816. The number of rotatable bonds is 2. The largest absolute Gasteiger partial charge is 0.286 e. The molecule has 0 saturated carbocycles. The van der Waals surface area contributed by atoms with Crippen molar-refractivity contribution in [2.45, 2.75) is 13.8 Å². The maximum absolute atomic E-state index is 11.8. The highest BCUT2D eigenvalue weighted by molar-refractivity contribution is 7.10. The molecule has 0 aliphatic rings. The quantitative estimate of drug-likeness (QED) is 0.732. The summed E-state index contributed by atoms with van der Waals surface area (Å²) in [6.07, 6.45) is 0. The normalized spacial score (nSPS) is 10.4. The molecule has 0 unspecified atom stereocenters. The number of carbonyl (C=O) groups is 1. The highest BCUT2D eigenvalue weighted by Gasteiger charge is 2.17. The van der Waals surface area contributed by atoms with Crippen molar-refractivity contribution in [1.82, 2.24) is 14.6 Å². The summed E-state index contributed by atoms with van der Waals surface area (Å²) in [6, 6.07) is 0. The van der Waals surface area contributed by atoms with E-state index in [1.54, 1.807) is 12.3 Å². The molecular formula is C8H7N3OS2. The number of hydrogen-bond donors (Lipinski definition) is 0. The molecule has 4 nitrogen and oxygen atoms in total. The minimum Gasteiger partial charge on any atom is -0.286 e. The third-order valence-electron chi connectivity index (χ3n) is 1.71. The van der Waals surface area contributed by atoms with Crippen molar-refractivity contribution < 1.29 is 4.79 Å². The van der Waals surface area contributed by atoms with Crippen molar-refractivity contribution in [2.75, 3.05) is 0 Å². The molecule has 2 aromatic heterocycles. The Morgan fingerprint density at radius 2 is 2.21 bits per heavy atom. The summed E-state index contributed by atoms with van der Waals surface area (Å²) in [5, 5.41) is 6.45. The Bertz CT molecular complexity index is 474. The lowest BCUT2D eigenvalue weighted by molar-refractivity contribution is 0.103. The van der Waals surface area contributed by atoms with Gasteiger partial charge in [-0.1, -0.05) is 4.49 Å². The van der Waals surface area contributed by atoms with Gasteiger partial charge in [0.25, 0.3) is 0 Å². The van der Waals surface area contributed by atoms with Crippen molar-refractivity contribution in [1.29, 1.82) is 0 Å². The molecule has 0 amide bonds. The standard InChI is InChI=1S/C8H7N3OS2/c1-4-8(14-11-10-4)7(12)6-3-13-5(2)9-6/h3H,1-2H3. The Hall–Kier alpha value is -1.14. The van der Waals surface area contributed by atoms with E-state index in [-0.39, 0.29) is 5.78 Å². The topological polar surface area (TPSA) is 55.7 Å². The zero-order chi connectivity index (χ0) is 10.1. The molecule has 0 bridgehead atoms. The Balaban J connectivity index is 2.38. The minimum atomic E-state index is -0.0816. The van der Waals surface area contributed by atoms with Gasteiger partial charge in [-0.05, 0) is 25.4 Å². The zero-order valence-corrected chi connectivity index (χ0v) is 9.28. The van der Waals surface area contributed by atoms with Gasteiger partial charge in [0.2, 0.25) is 5.78 Å². The van der Waals surface area contributed by atoms with Gasteiger partial charge >= 0.3 is 0 Å². The maximum Gasteiger partial charge on any atom is 0.225 e. The number of ketones is 1. The number of hydrogen-bond acceptors (Lipinski definition) is 6. The van der Waals surface area contributed by atoms with Crippen LogP contribution in [0.25, 0.3) is 0 Å². The van der Waals surface area contributed by atoms with Gasteiger partial charge in [-0.2, -0.15) is 0 Å². The van der Waals surface area contributed by atoms with E-state index >= 15 is 0 Å². The first-order chi connectivity index (χ1) is 6.68. The molecule has 0 aliphatic carbocycles. The first kappa shape index (κ1) is 9.42. The molecule has 0 radical (unpaired) electrons. The fourth-order valence-electron chi connectivity index (χ4n) is 1.02. The molecule has 0 aromatic carbocycles. The average molecular weight is 225 g/mol. The summed E-state index contributed by atoms with van der Waals surface area (Å²) in [5.41, 5.74) is 1.16. The van der Waals surface area contributed by atoms with Crippen LogP contribution in [0.5, 0.6) is 0 Å². The second-order valence-electron chi connectivity index (χ2n) is 2.77. The molecule has 2 heterocycles. The van der Waals surface area contributed by atoms with Gasteiger partial charge in [0.15, 0.2) is 0 Å². The van der Waals surface area contributed by atoms with Gasteiger partial charge in [0, 0.05) is 5.38 Å². The summed E-state index contributed by atoms with van der Waals surface area (Å²) >= 11 is 2.58. The van der Waals surface area contributed by atoms with Gasteiger partial charge in [-0.15, -0.1) is 16.4 Å². The zero-order valence-electron chi connectivity index (χ0n) is 7.64. The van der Waals surface area contributed by atoms with Crippen LogP contribution in [-0.2, 0) is 0 Å². The molecule has 0 fully saturated rings. The summed E-state index contributed by atoms with van der Waals surface area (Å²) < 4.78 is 3.72. The van der Waals surface area contributed by atoms with Crippen LogP contribution in [0.1, 0.15) is 26.1 Å². The molecule has 6 heteroatoms. The van der Waals surface area contributed by atoms with Crippen LogP contribution < -0.4 is 0 Å². The third kappa shape index (κ3) is 1.58. The van der Waals surface area contributed by atoms with Crippen LogP contribution in [0.15, 0.2) is 5.38 Å². The van der Waals surface area contributed by atoms with Gasteiger partial charge in [0.05, 0.1) is 10.7 Å².